The minimum Gasteiger partial charge on any atom is -0.481 e. The van der Waals surface area contributed by atoms with E-state index in [0.29, 0.717) is 17.0 Å². The van der Waals surface area contributed by atoms with E-state index in [1.807, 2.05) is 31.2 Å². The molecule has 0 bridgehead atoms. The highest BCUT2D eigenvalue weighted by atomic mass is 35.5. The third kappa shape index (κ3) is 4.99. The normalized spacial score (nSPS) is 11.5. The number of ether oxygens (including phenoxy) is 2. The van der Waals surface area contributed by atoms with Gasteiger partial charge in [0.05, 0.1) is 22.9 Å². The molecule has 0 saturated heterocycles. The Hall–Kier alpha value is -2.53. The molecule has 0 unspecified atom stereocenters. The molecule has 1 amide bonds. The fourth-order valence-corrected chi connectivity index (χ4v) is 2.57. The van der Waals surface area contributed by atoms with Gasteiger partial charge in [0.15, 0.2) is 6.10 Å². The molecule has 0 aliphatic heterocycles. The van der Waals surface area contributed by atoms with Crippen LogP contribution in [0.25, 0.3) is 0 Å². The number of carbonyl (C=O) groups excluding carboxylic acids is 2. The molecule has 0 aromatic heterocycles. The lowest BCUT2D eigenvalue weighted by Crippen LogP contribution is -2.30. The summed E-state index contributed by atoms with van der Waals surface area (Å²) in [6.07, 6.45) is 0.106. The lowest BCUT2D eigenvalue weighted by molar-refractivity contribution is -0.122. The zero-order chi connectivity index (χ0) is 19.1. The largest absolute Gasteiger partial charge is 0.481 e. The molecule has 138 valence electrons. The Balaban J connectivity index is 2.05. The number of aryl methyl sites for hydroxylation is 1. The van der Waals surface area contributed by atoms with E-state index in [2.05, 4.69) is 5.32 Å². The van der Waals surface area contributed by atoms with Crippen LogP contribution in [0.4, 0.5) is 5.69 Å². The summed E-state index contributed by atoms with van der Waals surface area (Å²) in [7, 11) is 0. The smallest absolute Gasteiger partial charge is 0.338 e. The standard InChI is InChI=1S/C20H22ClNO4/c1-4-14-8-6-7-9-18(14)26-13(3)19(23)22-17-11-10-15(12-16(17)21)20(24)25-5-2/h6-13H,4-5H2,1-3H3,(H,22,23)/t13-/m1/s1. The van der Waals surface area contributed by atoms with Crippen molar-refractivity contribution in [3.63, 3.8) is 0 Å². The first-order chi connectivity index (χ1) is 12.5. The van der Waals surface area contributed by atoms with Crippen molar-refractivity contribution in [3.8, 4) is 5.75 Å². The van der Waals surface area contributed by atoms with Gasteiger partial charge in [-0.15, -0.1) is 0 Å². The van der Waals surface area contributed by atoms with E-state index < -0.39 is 12.1 Å². The van der Waals surface area contributed by atoms with E-state index in [1.165, 1.54) is 6.07 Å². The van der Waals surface area contributed by atoms with Crippen LogP contribution in [0, 0.1) is 0 Å². The van der Waals surface area contributed by atoms with Gasteiger partial charge in [0.1, 0.15) is 5.75 Å². The molecule has 5 nitrogen and oxygen atoms in total. The molecule has 0 heterocycles. The van der Waals surface area contributed by atoms with Crippen LogP contribution >= 0.6 is 11.6 Å². The van der Waals surface area contributed by atoms with Gasteiger partial charge in [-0.25, -0.2) is 4.79 Å². The summed E-state index contributed by atoms with van der Waals surface area (Å²) in [6, 6.07) is 12.2. The average molecular weight is 376 g/mol. The fourth-order valence-electron chi connectivity index (χ4n) is 2.35. The van der Waals surface area contributed by atoms with E-state index in [9.17, 15) is 9.59 Å². The molecule has 2 aromatic rings. The lowest BCUT2D eigenvalue weighted by Gasteiger charge is -2.17. The molecule has 1 atom stereocenters. The highest BCUT2D eigenvalue weighted by Crippen LogP contribution is 2.25. The molecule has 0 radical (unpaired) electrons. The van der Waals surface area contributed by atoms with Crippen LogP contribution < -0.4 is 10.1 Å². The van der Waals surface area contributed by atoms with Crippen LogP contribution in [-0.2, 0) is 16.0 Å². The topological polar surface area (TPSA) is 64.6 Å². The van der Waals surface area contributed by atoms with Gasteiger partial charge in [0.2, 0.25) is 0 Å². The molecule has 1 N–H and O–H groups in total. The number of hydrogen-bond acceptors (Lipinski definition) is 4. The predicted octanol–water partition coefficient (Wildman–Crippen LogP) is 4.49. The number of nitrogens with one attached hydrogen (secondary N) is 1. The van der Waals surface area contributed by atoms with Crippen LogP contribution in [0.1, 0.15) is 36.7 Å². The molecule has 6 heteroatoms. The van der Waals surface area contributed by atoms with Crippen molar-refractivity contribution in [2.75, 3.05) is 11.9 Å². The first kappa shape index (κ1) is 19.8. The molecule has 0 saturated carbocycles. The number of esters is 1. The summed E-state index contributed by atoms with van der Waals surface area (Å²) >= 11 is 6.17. The van der Waals surface area contributed by atoms with E-state index in [-0.39, 0.29) is 17.5 Å². The summed E-state index contributed by atoms with van der Waals surface area (Å²) in [5.74, 6) is -0.108. The number of hydrogen-bond donors (Lipinski definition) is 1. The SMILES string of the molecule is CCOC(=O)c1ccc(NC(=O)[C@@H](C)Oc2ccccc2CC)c(Cl)c1. The molecular weight excluding hydrogens is 354 g/mol. The number of anilines is 1. The molecule has 26 heavy (non-hydrogen) atoms. The van der Waals surface area contributed by atoms with E-state index >= 15 is 0 Å². The molecular formula is C20H22ClNO4. The predicted molar refractivity (Wildman–Crippen MR) is 102 cm³/mol. The van der Waals surface area contributed by atoms with Crippen LogP contribution in [0.3, 0.4) is 0 Å². The first-order valence-electron chi connectivity index (χ1n) is 8.48. The summed E-state index contributed by atoms with van der Waals surface area (Å²) in [4.78, 5) is 24.1. The van der Waals surface area contributed by atoms with Crippen molar-refractivity contribution < 1.29 is 19.1 Å². The molecule has 0 aliphatic rings. The summed E-state index contributed by atoms with van der Waals surface area (Å²) in [5, 5.41) is 2.97. The Kier molecular flexibility index (Phi) is 7.04. The van der Waals surface area contributed by atoms with Gasteiger partial charge >= 0.3 is 5.97 Å². The second-order valence-corrected chi connectivity index (χ2v) is 6.03. The number of para-hydroxylation sites is 1. The minimum absolute atomic E-state index is 0.255. The third-order valence-corrected chi connectivity index (χ3v) is 4.08. The Bertz CT molecular complexity index is 791. The van der Waals surface area contributed by atoms with Crippen molar-refractivity contribution in [1.82, 2.24) is 0 Å². The van der Waals surface area contributed by atoms with Crippen LogP contribution in [0.15, 0.2) is 42.5 Å². The Labute approximate surface area is 158 Å². The molecule has 2 aromatic carbocycles. The minimum atomic E-state index is -0.705. The molecule has 0 fully saturated rings. The number of halogens is 1. The van der Waals surface area contributed by atoms with E-state index in [0.717, 1.165) is 12.0 Å². The average Bonchev–Trinajstić information content (AvgIpc) is 2.63. The highest BCUT2D eigenvalue weighted by Gasteiger charge is 2.18. The van der Waals surface area contributed by atoms with Gasteiger partial charge in [-0.1, -0.05) is 36.7 Å². The van der Waals surface area contributed by atoms with Crippen molar-refractivity contribution in [2.24, 2.45) is 0 Å². The van der Waals surface area contributed by atoms with Gasteiger partial charge in [-0.3, -0.25) is 4.79 Å². The first-order valence-corrected chi connectivity index (χ1v) is 8.86. The van der Waals surface area contributed by atoms with Gasteiger partial charge in [-0.2, -0.15) is 0 Å². The van der Waals surface area contributed by atoms with Crippen molar-refractivity contribution in [1.29, 1.82) is 0 Å². The maximum Gasteiger partial charge on any atom is 0.338 e. The molecule has 2 rings (SSSR count). The molecule has 0 aliphatic carbocycles. The summed E-state index contributed by atoms with van der Waals surface area (Å²) < 4.78 is 10.7. The summed E-state index contributed by atoms with van der Waals surface area (Å²) in [5.41, 5.74) is 1.77. The van der Waals surface area contributed by atoms with Crippen molar-refractivity contribution in [3.05, 3.63) is 58.6 Å². The Morgan fingerprint density at radius 1 is 1.15 bits per heavy atom. The number of benzene rings is 2. The third-order valence-electron chi connectivity index (χ3n) is 3.76. The summed E-state index contributed by atoms with van der Waals surface area (Å²) in [6.45, 7) is 5.70. The molecule has 0 spiro atoms. The lowest BCUT2D eigenvalue weighted by atomic mass is 10.1. The van der Waals surface area contributed by atoms with Gasteiger partial charge in [-0.05, 0) is 50.1 Å². The Morgan fingerprint density at radius 2 is 1.88 bits per heavy atom. The monoisotopic (exact) mass is 375 g/mol. The Morgan fingerprint density at radius 3 is 2.54 bits per heavy atom. The van der Waals surface area contributed by atoms with Crippen molar-refractivity contribution in [2.45, 2.75) is 33.3 Å². The zero-order valence-corrected chi connectivity index (χ0v) is 15.8. The van der Waals surface area contributed by atoms with Crippen LogP contribution in [0.2, 0.25) is 5.02 Å². The zero-order valence-electron chi connectivity index (χ0n) is 15.0. The van der Waals surface area contributed by atoms with Gasteiger partial charge in [0, 0.05) is 0 Å². The van der Waals surface area contributed by atoms with E-state index in [1.54, 1.807) is 26.0 Å². The fraction of sp³-hybridized carbons (Fsp3) is 0.300. The van der Waals surface area contributed by atoms with Crippen LogP contribution in [0.5, 0.6) is 5.75 Å². The van der Waals surface area contributed by atoms with Crippen LogP contribution in [-0.4, -0.2) is 24.6 Å². The maximum atomic E-state index is 12.4. The second kappa shape index (κ2) is 9.25. The van der Waals surface area contributed by atoms with Gasteiger partial charge < -0.3 is 14.8 Å². The van der Waals surface area contributed by atoms with Crippen molar-refractivity contribution >= 4 is 29.2 Å². The number of carbonyl (C=O) groups is 2. The number of rotatable bonds is 7. The van der Waals surface area contributed by atoms with Gasteiger partial charge in [0.25, 0.3) is 5.91 Å². The van der Waals surface area contributed by atoms with E-state index in [4.69, 9.17) is 21.1 Å². The quantitative estimate of drug-likeness (QED) is 0.724. The number of amides is 1. The second-order valence-electron chi connectivity index (χ2n) is 5.63. The maximum absolute atomic E-state index is 12.4. The highest BCUT2D eigenvalue weighted by molar-refractivity contribution is 6.34.